The van der Waals surface area contributed by atoms with Gasteiger partial charge in [-0.25, -0.2) is 4.79 Å². The number of fused-ring (bicyclic) bond motifs is 1. The van der Waals surface area contributed by atoms with Gasteiger partial charge in [0, 0.05) is 28.9 Å². The van der Waals surface area contributed by atoms with E-state index < -0.39 is 45.2 Å². The van der Waals surface area contributed by atoms with E-state index in [9.17, 15) is 27.9 Å². The predicted octanol–water partition coefficient (Wildman–Crippen LogP) is -1.16. The molecule has 0 aromatic carbocycles. The van der Waals surface area contributed by atoms with Gasteiger partial charge in [-0.1, -0.05) is 5.16 Å². The zero-order valence-electron chi connectivity index (χ0n) is 20.2. The molecule has 4 heterocycles. The largest absolute Gasteiger partial charge is 0.477 e. The first kappa shape index (κ1) is 28.2. The lowest BCUT2D eigenvalue weighted by Gasteiger charge is -2.49. The molecule has 39 heavy (non-hydrogen) atoms. The third kappa shape index (κ3) is 6.44. The number of nitrogens with two attached hydrogens (primary N) is 1. The van der Waals surface area contributed by atoms with Crippen molar-refractivity contribution in [2.24, 2.45) is 5.16 Å². The lowest BCUT2D eigenvalue weighted by Crippen LogP contribution is -2.71. The van der Waals surface area contributed by atoms with Gasteiger partial charge in [0.2, 0.25) is 11.5 Å². The first-order valence-electron chi connectivity index (χ1n) is 11.2. The monoisotopic (exact) mass is 599 g/mol. The van der Waals surface area contributed by atoms with Crippen LogP contribution < -0.4 is 20.9 Å². The lowest BCUT2D eigenvalue weighted by atomic mass is 10.0. The van der Waals surface area contributed by atoms with Gasteiger partial charge >= 0.3 is 5.97 Å². The summed E-state index contributed by atoms with van der Waals surface area (Å²) in [4.78, 5) is 48.2. The molecule has 1 saturated heterocycles. The lowest BCUT2D eigenvalue weighted by molar-refractivity contribution is -0.688. The Hall–Kier alpha value is -3.81. The highest BCUT2D eigenvalue weighted by Gasteiger charge is 2.54. The Kier molecular flexibility index (Phi) is 8.33. The number of nitrogens with zero attached hydrogens (tertiary/aromatic N) is 5. The first-order chi connectivity index (χ1) is 18.5. The topological polar surface area (TPSA) is 230 Å². The van der Waals surface area contributed by atoms with Crippen LogP contribution in [0.15, 0.2) is 41.0 Å². The van der Waals surface area contributed by atoms with Gasteiger partial charge in [0.05, 0.1) is 5.69 Å². The number of hydrogen-bond donors (Lipinski definition) is 5. The molecular formula is C20H23N8O8S3+. The molecule has 19 heteroatoms. The Bertz CT molecular complexity index is 1470. The number of rotatable bonds is 11. The van der Waals surface area contributed by atoms with Crippen LogP contribution in [0.1, 0.15) is 12.7 Å². The fourth-order valence-corrected chi connectivity index (χ4v) is 5.90. The maximum absolute atomic E-state index is 13.0. The molecule has 208 valence electrons. The molecule has 2 amide bonds. The van der Waals surface area contributed by atoms with E-state index in [1.807, 2.05) is 0 Å². The summed E-state index contributed by atoms with van der Waals surface area (Å²) in [5.41, 5.74) is 5.93. The summed E-state index contributed by atoms with van der Waals surface area (Å²) in [6, 6.07) is 2.16. The van der Waals surface area contributed by atoms with Crippen LogP contribution in [0.3, 0.4) is 0 Å². The number of anilines is 2. The highest BCUT2D eigenvalue weighted by Crippen LogP contribution is 2.40. The van der Waals surface area contributed by atoms with E-state index in [2.05, 4.69) is 25.1 Å². The maximum atomic E-state index is 13.0. The SMILES string of the molecule is CCON=C(C(=O)NC1C(=O)N2C(C(=O)O)=C(C[n+]3cccc(NCS(=O)(=O)O)c3)CS[C@@H]12)c1nsc(N)n1. The Morgan fingerprint density at radius 1 is 1.41 bits per heavy atom. The highest BCUT2D eigenvalue weighted by atomic mass is 32.2. The number of amides is 2. The fourth-order valence-electron chi connectivity index (χ4n) is 3.78. The third-order valence-corrected chi connectivity index (χ3v) is 7.77. The number of aliphatic carboxylic acids is 1. The molecule has 0 bridgehead atoms. The number of nitrogens with one attached hydrogen (secondary N) is 2. The average Bonchev–Trinajstić information content (AvgIpc) is 3.31. The number of aromatic nitrogens is 3. The molecule has 16 nitrogen and oxygen atoms in total. The van der Waals surface area contributed by atoms with E-state index in [-0.39, 0.29) is 41.3 Å². The number of carboxylic acid groups (broad SMARTS) is 1. The van der Waals surface area contributed by atoms with Crippen LogP contribution in [0.4, 0.5) is 10.8 Å². The van der Waals surface area contributed by atoms with Crippen LogP contribution in [0.2, 0.25) is 0 Å². The number of thioether (sulfide) groups is 1. The van der Waals surface area contributed by atoms with Gasteiger partial charge in [-0.3, -0.25) is 19.0 Å². The highest BCUT2D eigenvalue weighted by molar-refractivity contribution is 8.00. The van der Waals surface area contributed by atoms with Crippen molar-refractivity contribution >= 4 is 67.7 Å². The quantitative estimate of drug-likeness (QED) is 0.0676. The molecule has 4 rings (SSSR count). The Morgan fingerprint density at radius 3 is 2.82 bits per heavy atom. The summed E-state index contributed by atoms with van der Waals surface area (Å²) in [5, 5.41) is 18.2. The molecule has 2 aliphatic heterocycles. The van der Waals surface area contributed by atoms with Gasteiger partial charge in [0.1, 0.15) is 29.6 Å². The number of hydrogen-bond acceptors (Lipinski definition) is 13. The molecule has 0 radical (unpaired) electrons. The molecule has 2 aromatic heterocycles. The number of β-lactam (4-membered cyclic amide) rings is 1. The van der Waals surface area contributed by atoms with Gasteiger partial charge < -0.3 is 26.3 Å². The molecule has 0 saturated carbocycles. The summed E-state index contributed by atoms with van der Waals surface area (Å²) < 4.78 is 36.5. The van der Waals surface area contributed by atoms with Gasteiger partial charge in [0.25, 0.3) is 21.9 Å². The number of carbonyl (C=O) groups is 3. The number of nitrogen functional groups attached to an aromatic ring is 1. The van der Waals surface area contributed by atoms with Crippen molar-refractivity contribution in [3.05, 3.63) is 41.6 Å². The molecule has 6 N–H and O–H groups in total. The van der Waals surface area contributed by atoms with Gasteiger partial charge in [-0.05, 0) is 13.0 Å². The van der Waals surface area contributed by atoms with Crippen molar-refractivity contribution in [2.75, 3.05) is 29.3 Å². The summed E-state index contributed by atoms with van der Waals surface area (Å²) in [6.07, 6.45) is 3.18. The second-order valence-electron chi connectivity index (χ2n) is 8.10. The molecule has 1 unspecified atom stereocenters. The number of pyridine rings is 1. The third-order valence-electron chi connectivity index (χ3n) is 5.38. The Morgan fingerprint density at radius 2 is 2.18 bits per heavy atom. The van der Waals surface area contributed by atoms with Crippen LogP contribution in [0.5, 0.6) is 0 Å². The molecule has 1 fully saturated rings. The van der Waals surface area contributed by atoms with Crippen molar-refractivity contribution in [1.29, 1.82) is 0 Å². The number of carbonyl (C=O) groups excluding carboxylic acids is 2. The van der Waals surface area contributed by atoms with E-state index in [4.69, 9.17) is 15.1 Å². The molecule has 0 aliphatic carbocycles. The molecule has 0 spiro atoms. The van der Waals surface area contributed by atoms with E-state index >= 15 is 0 Å². The standard InChI is InChI=1S/C20H22N8O8S3/c1-2-36-25-12(15-24-20(21)38-26-15)16(29)23-13-17(30)28-14(19(31)32)10(8-37-18(13)28)6-27-5-3-4-11(7-27)22-9-39(33,34)35/h3-5,7,13,18,22H,2,6,8-9H2,1H3,(H4-,21,23,24,26,29,31,32,33,34,35)/p+1/t13?,18-/m0/s1. The fraction of sp³-hybridized carbons (Fsp3) is 0.350. The Labute approximate surface area is 229 Å². The summed E-state index contributed by atoms with van der Waals surface area (Å²) in [6.45, 7) is 1.92. The minimum atomic E-state index is -4.24. The van der Waals surface area contributed by atoms with Crippen molar-refractivity contribution < 1.29 is 41.9 Å². The summed E-state index contributed by atoms with van der Waals surface area (Å²) in [7, 11) is -4.24. The van der Waals surface area contributed by atoms with E-state index in [1.54, 1.807) is 29.8 Å². The molecular weight excluding hydrogens is 576 g/mol. The van der Waals surface area contributed by atoms with Gasteiger partial charge in [0.15, 0.2) is 24.1 Å². The minimum Gasteiger partial charge on any atom is -0.477 e. The van der Waals surface area contributed by atoms with Crippen LogP contribution in [-0.4, -0.2) is 85.5 Å². The second kappa shape index (κ2) is 11.5. The van der Waals surface area contributed by atoms with E-state index in [1.165, 1.54) is 18.0 Å². The summed E-state index contributed by atoms with van der Waals surface area (Å²) >= 11 is 2.13. The zero-order valence-corrected chi connectivity index (χ0v) is 22.6. The van der Waals surface area contributed by atoms with E-state index in [0.29, 0.717) is 11.3 Å². The Balaban J connectivity index is 1.51. The van der Waals surface area contributed by atoms with Crippen molar-refractivity contribution in [3.63, 3.8) is 0 Å². The first-order valence-corrected chi connectivity index (χ1v) is 14.6. The molecule has 2 aromatic rings. The van der Waals surface area contributed by atoms with Gasteiger partial charge in [-0.15, -0.1) is 11.8 Å². The second-order valence-corrected chi connectivity index (χ2v) is 11.4. The normalized spacial score (nSPS) is 19.3. The van der Waals surface area contributed by atoms with Crippen LogP contribution in [-0.2, 0) is 35.9 Å². The molecule has 2 atom stereocenters. The van der Waals surface area contributed by atoms with Crippen molar-refractivity contribution in [1.82, 2.24) is 19.6 Å². The predicted molar refractivity (Wildman–Crippen MR) is 139 cm³/mol. The number of oxime groups is 1. The summed E-state index contributed by atoms with van der Waals surface area (Å²) in [5.74, 6) is -3.24. The smallest absolute Gasteiger partial charge is 0.352 e. The van der Waals surface area contributed by atoms with Crippen LogP contribution in [0.25, 0.3) is 0 Å². The zero-order chi connectivity index (χ0) is 28.3. The van der Waals surface area contributed by atoms with Gasteiger partial charge in [-0.2, -0.15) is 22.3 Å². The van der Waals surface area contributed by atoms with Crippen LogP contribution >= 0.6 is 23.3 Å². The van der Waals surface area contributed by atoms with Crippen molar-refractivity contribution in [2.45, 2.75) is 24.9 Å². The van der Waals surface area contributed by atoms with Crippen LogP contribution in [0, 0.1) is 0 Å². The van der Waals surface area contributed by atoms with Crippen molar-refractivity contribution in [3.8, 4) is 0 Å². The average molecular weight is 600 g/mol. The van der Waals surface area contributed by atoms with E-state index in [0.717, 1.165) is 16.4 Å². The molecule has 2 aliphatic rings. The number of carboxylic acids is 1. The minimum absolute atomic E-state index is 0.0675. The maximum Gasteiger partial charge on any atom is 0.352 e.